The van der Waals surface area contributed by atoms with Crippen LogP contribution in [-0.4, -0.2) is 24.2 Å². The van der Waals surface area contributed by atoms with Gasteiger partial charge in [-0.25, -0.2) is 9.18 Å². The fourth-order valence-electron chi connectivity index (χ4n) is 2.67. The smallest absolute Gasteiger partial charge is 0.411 e. The number of carbonyl (C=O) groups excluding carboxylic acids is 1. The van der Waals surface area contributed by atoms with Crippen LogP contribution >= 0.6 is 11.3 Å². The minimum absolute atomic E-state index is 0.0433. The van der Waals surface area contributed by atoms with Gasteiger partial charge in [0, 0.05) is 16.5 Å². The van der Waals surface area contributed by atoms with Crippen LogP contribution in [0.25, 0.3) is 21.2 Å². The van der Waals surface area contributed by atoms with Gasteiger partial charge in [0.15, 0.2) is 0 Å². The van der Waals surface area contributed by atoms with Crippen molar-refractivity contribution in [2.45, 2.75) is 6.92 Å². The van der Waals surface area contributed by atoms with Crippen molar-refractivity contribution in [2.75, 3.05) is 7.11 Å². The third-order valence-corrected chi connectivity index (χ3v) is 4.84. The van der Waals surface area contributed by atoms with Gasteiger partial charge in [-0.05, 0) is 47.7 Å². The number of aryl methyl sites for hydroxylation is 1. The van der Waals surface area contributed by atoms with E-state index in [-0.39, 0.29) is 5.56 Å². The van der Waals surface area contributed by atoms with Gasteiger partial charge < -0.3 is 9.84 Å². The van der Waals surface area contributed by atoms with E-state index in [1.165, 1.54) is 17.4 Å². The first-order chi connectivity index (χ1) is 11.9. The van der Waals surface area contributed by atoms with Crippen LogP contribution in [0.5, 0.6) is 5.75 Å². The van der Waals surface area contributed by atoms with Crippen LogP contribution in [0.15, 0.2) is 35.7 Å². The zero-order valence-corrected chi connectivity index (χ0v) is 14.2. The Hall–Kier alpha value is -2.93. The molecule has 1 heterocycles. The third-order valence-electron chi connectivity index (χ3n) is 3.83. The predicted molar refractivity (Wildman–Crippen MR) is 94.0 cm³/mol. The molecular formula is C18H14FNO4S. The Morgan fingerprint density at radius 2 is 1.96 bits per heavy atom. The van der Waals surface area contributed by atoms with E-state index in [0.717, 1.165) is 22.8 Å². The van der Waals surface area contributed by atoms with Gasteiger partial charge in [0.1, 0.15) is 11.6 Å². The lowest BCUT2D eigenvalue weighted by molar-refractivity contribution is 0.0947. The average Bonchev–Trinajstić information content (AvgIpc) is 2.98. The summed E-state index contributed by atoms with van der Waals surface area (Å²) in [5, 5.41) is 12.8. The lowest BCUT2D eigenvalue weighted by Gasteiger charge is -2.08. The number of rotatable bonds is 3. The van der Waals surface area contributed by atoms with E-state index < -0.39 is 17.8 Å². The van der Waals surface area contributed by atoms with E-state index in [9.17, 15) is 14.0 Å². The summed E-state index contributed by atoms with van der Waals surface area (Å²) >= 11 is 1.23. The number of carbonyl (C=O) groups is 2. The summed E-state index contributed by atoms with van der Waals surface area (Å²) in [4.78, 5) is 22.5. The monoisotopic (exact) mass is 359 g/mol. The first-order valence-corrected chi connectivity index (χ1v) is 8.18. The van der Waals surface area contributed by atoms with Crippen molar-refractivity contribution >= 4 is 33.4 Å². The van der Waals surface area contributed by atoms with E-state index in [0.29, 0.717) is 15.8 Å². The molecule has 3 aromatic rings. The Morgan fingerprint density at radius 1 is 1.20 bits per heavy atom. The molecule has 0 aliphatic rings. The van der Waals surface area contributed by atoms with Gasteiger partial charge in [-0.15, -0.1) is 11.3 Å². The number of nitrogens with one attached hydrogen (secondary N) is 1. The highest BCUT2D eigenvalue weighted by Crippen LogP contribution is 2.38. The zero-order chi connectivity index (χ0) is 18.1. The molecule has 0 atom stereocenters. The lowest BCUT2D eigenvalue weighted by atomic mass is 9.98. The van der Waals surface area contributed by atoms with E-state index >= 15 is 0 Å². The molecule has 0 unspecified atom stereocenters. The number of imide groups is 1. The molecule has 3 rings (SSSR count). The minimum atomic E-state index is -1.48. The van der Waals surface area contributed by atoms with Crippen LogP contribution in [0.2, 0.25) is 0 Å². The first-order valence-electron chi connectivity index (χ1n) is 7.30. The molecule has 2 N–H and O–H groups in total. The molecule has 7 heteroatoms. The number of fused-ring (bicyclic) bond motifs is 1. The summed E-state index contributed by atoms with van der Waals surface area (Å²) in [6.45, 7) is 1.92. The molecule has 0 bridgehead atoms. The standard InChI is InChI=1S/C18H14FNO4S/c1-9-5-11(24-2)3-4-12(9)14-8-25-16-13(14)6-10(7-15(16)19)17(21)20-18(22)23/h3-8H,1-2H3,(H,20,21)(H,22,23). The summed E-state index contributed by atoms with van der Waals surface area (Å²) in [5.41, 5.74) is 2.57. The van der Waals surface area contributed by atoms with Crippen molar-refractivity contribution in [3.8, 4) is 16.9 Å². The molecule has 0 spiro atoms. The Morgan fingerprint density at radius 3 is 2.60 bits per heavy atom. The van der Waals surface area contributed by atoms with Crippen LogP contribution in [-0.2, 0) is 0 Å². The van der Waals surface area contributed by atoms with E-state index in [1.807, 2.05) is 30.5 Å². The maximum atomic E-state index is 14.4. The molecule has 1 aromatic heterocycles. The molecule has 0 aliphatic heterocycles. The summed E-state index contributed by atoms with van der Waals surface area (Å²) in [6, 6.07) is 8.10. The van der Waals surface area contributed by atoms with Gasteiger partial charge in [0.2, 0.25) is 0 Å². The number of carboxylic acid groups (broad SMARTS) is 1. The highest BCUT2D eigenvalue weighted by Gasteiger charge is 2.17. The highest BCUT2D eigenvalue weighted by molar-refractivity contribution is 7.17. The lowest BCUT2D eigenvalue weighted by Crippen LogP contribution is -2.28. The summed E-state index contributed by atoms with van der Waals surface area (Å²) < 4.78 is 20.0. The molecule has 5 nitrogen and oxygen atoms in total. The number of halogens is 1. The molecule has 0 saturated heterocycles. The molecule has 0 aliphatic carbocycles. The molecule has 2 aromatic carbocycles. The van der Waals surface area contributed by atoms with Gasteiger partial charge in [-0.3, -0.25) is 10.1 Å². The van der Waals surface area contributed by atoms with Gasteiger partial charge in [-0.2, -0.15) is 0 Å². The number of benzene rings is 2. The van der Waals surface area contributed by atoms with E-state index in [1.54, 1.807) is 12.4 Å². The summed E-state index contributed by atoms with van der Waals surface area (Å²) in [5.74, 6) is -0.708. The molecule has 25 heavy (non-hydrogen) atoms. The first kappa shape index (κ1) is 16.9. The van der Waals surface area contributed by atoms with Crippen molar-refractivity contribution < 1.29 is 23.8 Å². The Bertz CT molecular complexity index is 996. The number of methoxy groups -OCH3 is 1. The molecule has 0 radical (unpaired) electrons. The third kappa shape index (κ3) is 3.18. The van der Waals surface area contributed by atoms with Gasteiger partial charge in [0.25, 0.3) is 5.91 Å². The highest BCUT2D eigenvalue weighted by atomic mass is 32.1. The van der Waals surface area contributed by atoms with Crippen LogP contribution in [0.1, 0.15) is 15.9 Å². The van der Waals surface area contributed by atoms with Crippen molar-refractivity contribution in [2.24, 2.45) is 0 Å². The van der Waals surface area contributed by atoms with E-state index in [4.69, 9.17) is 9.84 Å². The van der Waals surface area contributed by atoms with Crippen LogP contribution in [0, 0.1) is 12.7 Å². The second kappa shape index (κ2) is 6.52. The molecule has 2 amide bonds. The second-order valence-corrected chi connectivity index (χ2v) is 6.30. The molecule has 128 valence electrons. The normalized spacial score (nSPS) is 10.7. The molecule has 0 fully saturated rings. The van der Waals surface area contributed by atoms with Gasteiger partial charge in [0.05, 0.1) is 11.8 Å². The number of thiophene rings is 1. The van der Waals surface area contributed by atoms with Crippen molar-refractivity contribution in [3.63, 3.8) is 0 Å². The van der Waals surface area contributed by atoms with E-state index in [2.05, 4.69) is 0 Å². The Labute approximate surface area is 146 Å². The maximum Gasteiger partial charge on any atom is 0.411 e. The fraction of sp³-hybridized carbons (Fsp3) is 0.111. The SMILES string of the molecule is COc1ccc(-c2csc3c(F)cc(C(=O)NC(=O)O)cc23)c(C)c1. The van der Waals surface area contributed by atoms with Crippen LogP contribution in [0.4, 0.5) is 9.18 Å². The average molecular weight is 359 g/mol. The molecule has 0 saturated carbocycles. The topological polar surface area (TPSA) is 75.6 Å². The largest absolute Gasteiger partial charge is 0.497 e. The summed E-state index contributed by atoms with van der Waals surface area (Å²) in [7, 11) is 1.58. The van der Waals surface area contributed by atoms with Crippen LogP contribution < -0.4 is 10.1 Å². The number of ether oxygens (including phenoxy) is 1. The van der Waals surface area contributed by atoms with Crippen molar-refractivity contribution in [1.82, 2.24) is 5.32 Å². The van der Waals surface area contributed by atoms with Gasteiger partial charge >= 0.3 is 6.09 Å². The summed E-state index contributed by atoms with van der Waals surface area (Å²) in [6.07, 6.45) is -1.48. The molecular weight excluding hydrogens is 345 g/mol. The van der Waals surface area contributed by atoms with Crippen molar-refractivity contribution in [1.29, 1.82) is 0 Å². The second-order valence-electron chi connectivity index (χ2n) is 5.42. The number of amides is 2. The zero-order valence-electron chi connectivity index (χ0n) is 13.4. The number of hydrogen-bond donors (Lipinski definition) is 2. The minimum Gasteiger partial charge on any atom is -0.497 e. The Kier molecular flexibility index (Phi) is 4.41. The van der Waals surface area contributed by atoms with Gasteiger partial charge in [-0.1, -0.05) is 6.07 Å². The quantitative estimate of drug-likeness (QED) is 0.725. The van der Waals surface area contributed by atoms with Crippen molar-refractivity contribution in [3.05, 3.63) is 52.7 Å². The predicted octanol–water partition coefficient (Wildman–Crippen LogP) is 4.43. The maximum absolute atomic E-state index is 14.4. The Balaban J connectivity index is 2.16. The fourth-order valence-corrected chi connectivity index (χ4v) is 3.63. The van der Waals surface area contributed by atoms with Crippen LogP contribution in [0.3, 0.4) is 0 Å². The number of hydrogen-bond acceptors (Lipinski definition) is 4.